The van der Waals surface area contributed by atoms with Crippen molar-refractivity contribution in [1.82, 2.24) is 5.32 Å². The maximum Gasteiger partial charge on any atom is 0.143 e. The van der Waals surface area contributed by atoms with Crippen LogP contribution in [0.25, 0.3) is 0 Å². The molecule has 0 amide bonds. The summed E-state index contributed by atoms with van der Waals surface area (Å²) in [6.07, 6.45) is 15.3. The van der Waals surface area contributed by atoms with Gasteiger partial charge in [0.2, 0.25) is 0 Å². The van der Waals surface area contributed by atoms with Crippen LogP contribution in [0.5, 0.6) is 0 Å². The normalized spacial score (nSPS) is 29.1. The zero-order chi connectivity index (χ0) is 18.1. The molecule has 0 bridgehead atoms. The molecule has 3 nitrogen and oxygen atoms in total. The van der Waals surface area contributed by atoms with Crippen LogP contribution < -0.4 is 5.32 Å². The van der Waals surface area contributed by atoms with Crippen molar-refractivity contribution in [2.24, 2.45) is 4.99 Å². The van der Waals surface area contributed by atoms with E-state index >= 15 is 0 Å². The molecule has 0 aromatic heterocycles. The van der Waals surface area contributed by atoms with Crippen LogP contribution in [0.2, 0.25) is 0 Å². The van der Waals surface area contributed by atoms with Gasteiger partial charge in [-0.1, -0.05) is 75.3 Å². The Morgan fingerprint density at radius 1 is 0.846 bits per heavy atom. The first-order valence-electron chi connectivity index (χ1n) is 10.9. The monoisotopic (exact) mass is 356 g/mol. The molecule has 144 valence electrons. The number of hydrogen-bond donors (Lipinski definition) is 2. The molecule has 26 heavy (non-hydrogen) atoms. The molecule has 1 aromatic rings. The lowest BCUT2D eigenvalue weighted by atomic mass is 9.84. The van der Waals surface area contributed by atoms with E-state index in [9.17, 15) is 5.11 Å². The van der Waals surface area contributed by atoms with E-state index in [4.69, 9.17) is 4.99 Å². The Hall–Kier alpha value is -1.35. The van der Waals surface area contributed by atoms with Crippen LogP contribution >= 0.6 is 0 Å². The number of nitrogens with one attached hydrogen (secondary N) is 1. The fourth-order valence-corrected chi connectivity index (χ4v) is 4.54. The minimum absolute atomic E-state index is 0.145. The molecule has 1 heterocycles. The summed E-state index contributed by atoms with van der Waals surface area (Å²) in [7, 11) is 0. The third-order valence-corrected chi connectivity index (χ3v) is 6.06. The van der Waals surface area contributed by atoms with Crippen molar-refractivity contribution in [2.45, 2.75) is 95.1 Å². The van der Waals surface area contributed by atoms with Gasteiger partial charge in [-0.05, 0) is 37.7 Å². The molecule has 0 spiro atoms. The van der Waals surface area contributed by atoms with E-state index < -0.39 is 5.72 Å². The fourth-order valence-electron chi connectivity index (χ4n) is 4.54. The molecule has 2 aliphatic rings. The SMILES string of the molecule is OC1(NC2=NCCCCCCCCC2)CCCCCC1c1ccccc1. The van der Waals surface area contributed by atoms with Crippen LogP contribution in [0.3, 0.4) is 0 Å². The predicted molar refractivity (Wildman–Crippen MR) is 110 cm³/mol. The molecule has 3 heteroatoms. The van der Waals surface area contributed by atoms with Crippen LogP contribution in [-0.2, 0) is 0 Å². The highest BCUT2D eigenvalue weighted by molar-refractivity contribution is 5.82. The third-order valence-electron chi connectivity index (χ3n) is 6.06. The smallest absolute Gasteiger partial charge is 0.143 e. The second-order valence-electron chi connectivity index (χ2n) is 8.17. The molecule has 1 aliphatic heterocycles. The van der Waals surface area contributed by atoms with Crippen molar-refractivity contribution in [3.63, 3.8) is 0 Å². The quantitative estimate of drug-likeness (QED) is 0.539. The molecule has 2 atom stereocenters. The van der Waals surface area contributed by atoms with Crippen LogP contribution in [0, 0.1) is 0 Å². The molecule has 1 aromatic carbocycles. The largest absolute Gasteiger partial charge is 0.370 e. The summed E-state index contributed by atoms with van der Waals surface area (Å²) in [5.74, 6) is 1.18. The first-order chi connectivity index (χ1) is 12.8. The van der Waals surface area contributed by atoms with Gasteiger partial charge in [0, 0.05) is 18.9 Å². The lowest BCUT2D eigenvalue weighted by molar-refractivity contribution is -0.0103. The summed E-state index contributed by atoms with van der Waals surface area (Å²) in [5, 5.41) is 15.2. The molecule has 0 saturated heterocycles. The van der Waals surface area contributed by atoms with Gasteiger partial charge in [0.15, 0.2) is 0 Å². The Labute approximate surface area is 159 Å². The van der Waals surface area contributed by atoms with Crippen LogP contribution in [0.1, 0.15) is 95.0 Å². The Morgan fingerprint density at radius 3 is 2.35 bits per heavy atom. The Balaban J connectivity index is 1.76. The van der Waals surface area contributed by atoms with E-state index in [1.165, 1.54) is 63.4 Å². The van der Waals surface area contributed by atoms with Gasteiger partial charge in [0.1, 0.15) is 5.72 Å². The lowest BCUT2D eigenvalue weighted by Crippen LogP contribution is -2.52. The van der Waals surface area contributed by atoms with Crippen molar-refractivity contribution in [3.8, 4) is 0 Å². The van der Waals surface area contributed by atoms with Crippen LogP contribution in [-0.4, -0.2) is 23.2 Å². The van der Waals surface area contributed by atoms with E-state index in [0.29, 0.717) is 0 Å². The number of amidine groups is 1. The van der Waals surface area contributed by atoms with Gasteiger partial charge in [0.25, 0.3) is 0 Å². The minimum atomic E-state index is -0.864. The van der Waals surface area contributed by atoms with E-state index in [0.717, 1.165) is 38.1 Å². The highest BCUT2D eigenvalue weighted by atomic mass is 16.3. The van der Waals surface area contributed by atoms with Crippen LogP contribution in [0.15, 0.2) is 35.3 Å². The molecule has 2 N–H and O–H groups in total. The zero-order valence-electron chi connectivity index (χ0n) is 16.3. The second-order valence-corrected chi connectivity index (χ2v) is 8.17. The summed E-state index contributed by atoms with van der Waals surface area (Å²) in [6, 6.07) is 10.6. The molecular weight excluding hydrogens is 320 g/mol. The summed E-state index contributed by atoms with van der Waals surface area (Å²) in [5.41, 5.74) is 0.387. The number of rotatable bonds is 2. The molecule has 1 saturated carbocycles. The molecular formula is C23H36N2O. The summed E-state index contributed by atoms with van der Waals surface area (Å²) < 4.78 is 0. The highest BCUT2D eigenvalue weighted by Gasteiger charge is 2.39. The maximum atomic E-state index is 11.7. The molecule has 1 fully saturated rings. The van der Waals surface area contributed by atoms with Crippen molar-refractivity contribution >= 4 is 5.84 Å². The van der Waals surface area contributed by atoms with E-state index in [1.54, 1.807) is 0 Å². The number of benzene rings is 1. The molecule has 1 aliphatic carbocycles. The Bertz CT molecular complexity index is 557. The average Bonchev–Trinajstić information content (AvgIpc) is 2.87. The molecule has 2 unspecified atom stereocenters. The highest BCUT2D eigenvalue weighted by Crippen LogP contribution is 2.38. The van der Waals surface area contributed by atoms with E-state index in [1.807, 2.05) is 0 Å². The van der Waals surface area contributed by atoms with Gasteiger partial charge in [0.05, 0.1) is 5.84 Å². The number of aliphatic hydroxyl groups is 1. The van der Waals surface area contributed by atoms with Crippen molar-refractivity contribution in [1.29, 1.82) is 0 Å². The Morgan fingerprint density at radius 2 is 1.54 bits per heavy atom. The standard InChI is InChI=1S/C23H36N2O/c26-23(25-22-17-11-4-2-1-3-5-13-19-24-22)18-12-7-10-16-21(23)20-14-8-6-9-15-20/h6,8-9,14-15,21,26H,1-5,7,10-13,16-19H2,(H,24,25). The number of hydrogen-bond acceptors (Lipinski definition) is 3. The topological polar surface area (TPSA) is 44.6 Å². The third kappa shape index (κ3) is 5.57. The lowest BCUT2D eigenvalue weighted by Gasteiger charge is -2.37. The summed E-state index contributed by atoms with van der Waals surface area (Å²) >= 11 is 0. The van der Waals surface area contributed by atoms with Gasteiger partial charge in [-0.2, -0.15) is 0 Å². The van der Waals surface area contributed by atoms with E-state index in [-0.39, 0.29) is 5.92 Å². The first-order valence-corrected chi connectivity index (χ1v) is 10.9. The first kappa shape index (κ1) is 19.4. The minimum Gasteiger partial charge on any atom is -0.370 e. The summed E-state index contributed by atoms with van der Waals surface area (Å²) in [4.78, 5) is 4.87. The van der Waals surface area contributed by atoms with Crippen molar-refractivity contribution < 1.29 is 5.11 Å². The van der Waals surface area contributed by atoms with Gasteiger partial charge < -0.3 is 10.4 Å². The summed E-state index contributed by atoms with van der Waals surface area (Å²) in [6.45, 7) is 0.897. The van der Waals surface area contributed by atoms with E-state index in [2.05, 4.69) is 35.6 Å². The second kappa shape index (κ2) is 10.1. The van der Waals surface area contributed by atoms with Crippen LogP contribution in [0.4, 0.5) is 0 Å². The number of aliphatic imine (C=N–C) groups is 1. The molecule has 3 rings (SSSR count). The Kier molecular flexibility index (Phi) is 7.55. The van der Waals surface area contributed by atoms with Gasteiger partial charge in [-0.25, -0.2) is 0 Å². The number of nitrogens with zero attached hydrogens (tertiary/aromatic N) is 1. The van der Waals surface area contributed by atoms with Gasteiger partial charge in [-0.3, -0.25) is 4.99 Å². The van der Waals surface area contributed by atoms with Crippen molar-refractivity contribution in [2.75, 3.05) is 6.54 Å². The maximum absolute atomic E-state index is 11.7. The van der Waals surface area contributed by atoms with Gasteiger partial charge in [-0.15, -0.1) is 0 Å². The molecule has 0 radical (unpaired) electrons. The van der Waals surface area contributed by atoms with Crippen molar-refractivity contribution in [3.05, 3.63) is 35.9 Å². The average molecular weight is 357 g/mol. The predicted octanol–water partition coefficient (Wildman–Crippen LogP) is 5.55. The fraction of sp³-hybridized carbons (Fsp3) is 0.696. The zero-order valence-corrected chi connectivity index (χ0v) is 16.3. The van der Waals surface area contributed by atoms with Gasteiger partial charge >= 0.3 is 0 Å².